The summed E-state index contributed by atoms with van der Waals surface area (Å²) in [6, 6.07) is 0.242. The molecule has 2 saturated heterocycles. The van der Waals surface area contributed by atoms with E-state index in [4.69, 9.17) is 10.5 Å². The van der Waals surface area contributed by atoms with Gasteiger partial charge in [0, 0.05) is 25.7 Å². The molecule has 2 rings (SSSR count). The number of ether oxygens (including phenoxy) is 1. The monoisotopic (exact) mass is 227 g/mol. The molecule has 2 aliphatic heterocycles. The van der Waals surface area contributed by atoms with Crippen LogP contribution in [0.25, 0.3) is 0 Å². The normalized spacial score (nSPS) is 28.1. The van der Waals surface area contributed by atoms with Crippen molar-refractivity contribution < 1.29 is 9.53 Å². The lowest BCUT2D eigenvalue weighted by molar-refractivity contribution is -0.136. The van der Waals surface area contributed by atoms with Crippen LogP contribution < -0.4 is 5.73 Å². The number of likely N-dealkylation sites (tertiary alicyclic amines) is 1. The van der Waals surface area contributed by atoms with Gasteiger partial charge in [-0.3, -0.25) is 9.69 Å². The average Bonchev–Trinajstić information content (AvgIpc) is 2.30. The van der Waals surface area contributed by atoms with Gasteiger partial charge in [0.15, 0.2) is 0 Å². The van der Waals surface area contributed by atoms with Gasteiger partial charge in [-0.2, -0.15) is 0 Å². The molecule has 0 unspecified atom stereocenters. The summed E-state index contributed by atoms with van der Waals surface area (Å²) in [5.41, 5.74) is 5.89. The Morgan fingerprint density at radius 1 is 1.31 bits per heavy atom. The van der Waals surface area contributed by atoms with Crippen LogP contribution in [0.1, 0.15) is 12.8 Å². The zero-order chi connectivity index (χ0) is 11.4. The first kappa shape index (κ1) is 11.8. The Hall–Kier alpha value is -0.650. The summed E-state index contributed by atoms with van der Waals surface area (Å²) in [6.45, 7) is 5.20. The zero-order valence-corrected chi connectivity index (χ0v) is 9.73. The van der Waals surface area contributed by atoms with Crippen LogP contribution in [-0.4, -0.2) is 67.7 Å². The van der Waals surface area contributed by atoms with Gasteiger partial charge in [-0.05, 0) is 19.4 Å². The van der Waals surface area contributed by atoms with Gasteiger partial charge in [0.2, 0.25) is 5.91 Å². The Morgan fingerprint density at radius 2 is 2.06 bits per heavy atom. The fraction of sp³-hybridized carbons (Fsp3) is 0.909. The van der Waals surface area contributed by atoms with E-state index >= 15 is 0 Å². The Morgan fingerprint density at radius 3 is 2.75 bits per heavy atom. The molecule has 92 valence electrons. The van der Waals surface area contributed by atoms with Crippen molar-refractivity contribution in [3.05, 3.63) is 0 Å². The second-order valence-electron chi connectivity index (χ2n) is 4.63. The van der Waals surface area contributed by atoms with Gasteiger partial charge in [0.25, 0.3) is 0 Å². The minimum Gasteiger partial charge on any atom is -0.378 e. The molecule has 5 heteroatoms. The van der Waals surface area contributed by atoms with Gasteiger partial charge in [0.05, 0.1) is 19.8 Å². The molecule has 0 radical (unpaired) electrons. The summed E-state index contributed by atoms with van der Waals surface area (Å²) < 4.78 is 5.23. The van der Waals surface area contributed by atoms with E-state index in [1.54, 1.807) is 0 Å². The van der Waals surface area contributed by atoms with Crippen LogP contribution in [0.5, 0.6) is 0 Å². The van der Waals surface area contributed by atoms with Gasteiger partial charge < -0.3 is 15.4 Å². The molecule has 2 heterocycles. The van der Waals surface area contributed by atoms with Crippen molar-refractivity contribution in [2.75, 3.05) is 45.9 Å². The molecule has 0 bridgehead atoms. The third-order valence-electron chi connectivity index (χ3n) is 3.26. The SMILES string of the molecule is N[C@@H]1CCCN(CC(=O)N2CCOCC2)C1. The van der Waals surface area contributed by atoms with Crippen LogP contribution in [0.4, 0.5) is 0 Å². The van der Waals surface area contributed by atoms with Gasteiger partial charge in [-0.15, -0.1) is 0 Å². The fourth-order valence-corrected chi connectivity index (χ4v) is 2.34. The number of rotatable bonds is 2. The average molecular weight is 227 g/mol. The molecular weight excluding hydrogens is 206 g/mol. The first-order chi connectivity index (χ1) is 7.75. The van der Waals surface area contributed by atoms with Crippen LogP contribution in [0.3, 0.4) is 0 Å². The second kappa shape index (κ2) is 5.61. The van der Waals surface area contributed by atoms with Crippen molar-refractivity contribution in [2.45, 2.75) is 18.9 Å². The van der Waals surface area contributed by atoms with E-state index in [9.17, 15) is 4.79 Å². The van der Waals surface area contributed by atoms with E-state index in [0.29, 0.717) is 19.8 Å². The van der Waals surface area contributed by atoms with Crippen LogP contribution in [0, 0.1) is 0 Å². The lowest BCUT2D eigenvalue weighted by atomic mass is 10.1. The minimum atomic E-state index is 0.220. The van der Waals surface area contributed by atoms with Crippen molar-refractivity contribution in [2.24, 2.45) is 5.73 Å². The quantitative estimate of drug-likeness (QED) is 0.675. The first-order valence-corrected chi connectivity index (χ1v) is 6.09. The Labute approximate surface area is 96.5 Å². The van der Waals surface area contributed by atoms with Gasteiger partial charge in [-0.25, -0.2) is 0 Å². The van der Waals surface area contributed by atoms with Crippen molar-refractivity contribution in [3.63, 3.8) is 0 Å². The molecule has 0 aromatic rings. The van der Waals surface area contributed by atoms with E-state index in [0.717, 1.165) is 39.0 Å². The number of amides is 1. The maximum absolute atomic E-state index is 12.0. The molecule has 1 atom stereocenters. The molecule has 0 aromatic heterocycles. The van der Waals surface area contributed by atoms with E-state index in [2.05, 4.69) is 4.90 Å². The number of hydrogen-bond donors (Lipinski definition) is 1. The topological polar surface area (TPSA) is 58.8 Å². The lowest BCUT2D eigenvalue weighted by Crippen LogP contribution is -2.49. The standard InChI is InChI=1S/C11H21N3O2/c12-10-2-1-3-13(8-10)9-11(15)14-4-6-16-7-5-14/h10H,1-9,12H2/t10-/m1/s1. The number of carbonyl (C=O) groups is 1. The van der Waals surface area contributed by atoms with Gasteiger partial charge in [-0.1, -0.05) is 0 Å². The van der Waals surface area contributed by atoms with Gasteiger partial charge in [0.1, 0.15) is 0 Å². The molecule has 1 amide bonds. The highest BCUT2D eigenvalue weighted by Gasteiger charge is 2.22. The summed E-state index contributed by atoms with van der Waals surface area (Å²) >= 11 is 0. The molecule has 5 nitrogen and oxygen atoms in total. The minimum absolute atomic E-state index is 0.220. The summed E-state index contributed by atoms with van der Waals surface area (Å²) in [5.74, 6) is 0.220. The van der Waals surface area contributed by atoms with Crippen LogP contribution >= 0.6 is 0 Å². The highest BCUT2D eigenvalue weighted by atomic mass is 16.5. The Kier molecular flexibility index (Phi) is 4.15. The summed E-state index contributed by atoms with van der Waals surface area (Å²) in [4.78, 5) is 16.0. The number of nitrogens with two attached hydrogens (primary N) is 1. The molecule has 0 aliphatic carbocycles. The van der Waals surface area contributed by atoms with E-state index in [-0.39, 0.29) is 11.9 Å². The first-order valence-electron chi connectivity index (χ1n) is 6.09. The fourth-order valence-electron chi connectivity index (χ4n) is 2.34. The van der Waals surface area contributed by atoms with Crippen molar-refractivity contribution in [1.82, 2.24) is 9.80 Å². The predicted octanol–water partition coefficient (Wildman–Crippen LogP) is -0.732. The van der Waals surface area contributed by atoms with E-state index in [1.165, 1.54) is 0 Å². The highest BCUT2D eigenvalue weighted by molar-refractivity contribution is 5.78. The number of nitrogens with zero attached hydrogens (tertiary/aromatic N) is 2. The lowest BCUT2D eigenvalue weighted by Gasteiger charge is -2.33. The van der Waals surface area contributed by atoms with E-state index < -0.39 is 0 Å². The van der Waals surface area contributed by atoms with Gasteiger partial charge >= 0.3 is 0 Å². The summed E-state index contributed by atoms with van der Waals surface area (Å²) in [7, 11) is 0. The van der Waals surface area contributed by atoms with Crippen molar-refractivity contribution in [3.8, 4) is 0 Å². The molecule has 16 heavy (non-hydrogen) atoms. The molecule has 2 fully saturated rings. The highest BCUT2D eigenvalue weighted by Crippen LogP contribution is 2.08. The molecule has 0 spiro atoms. The summed E-state index contributed by atoms with van der Waals surface area (Å²) in [5, 5.41) is 0. The predicted molar refractivity (Wildman–Crippen MR) is 61.0 cm³/mol. The maximum Gasteiger partial charge on any atom is 0.236 e. The molecule has 2 N–H and O–H groups in total. The number of hydrogen-bond acceptors (Lipinski definition) is 4. The van der Waals surface area contributed by atoms with Crippen LogP contribution in [0.2, 0.25) is 0 Å². The molecule has 0 saturated carbocycles. The van der Waals surface area contributed by atoms with Crippen LogP contribution in [0.15, 0.2) is 0 Å². The molecular formula is C11H21N3O2. The molecule has 2 aliphatic rings. The van der Waals surface area contributed by atoms with Crippen molar-refractivity contribution in [1.29, 1.82) is 0 Å². The van der Waals surface area contributed by atoms with Crippen molar-refractivity contribution >= 4 is 5.91 Å². The maximum atomic E-state index is 12.0. The number of carbonyl (C=O) groups excluding carboxylic acids is 1. The number of morpholine rings is 1. The third-order valence-corrected chi connectivity index (χ3v) is 3.26. The zero-order valence-electron chi connectivity index (χ0n) is 9.73. The Bertz CT molecular complexity index is 241. The molecule has 0 aromatic carbocycles. The summed E-state index contributed by atoms with van der Waals surface area (Å²) in [6.07, 6.45) is 2.19. The smallest absolute Gasteiger partial charge is 0.236 e. The number of piperidine rings is 1. The second-order valence-corrected chi connectivity index (χ2v) is 4.63. The Balaban J connectivity index is 1.77. The van der Waals surface area contributed by atoms with Crippen LogP contribution in [-0.2, 0) is 9.53 Å². The van der Waals surface area contributed by atoms with E-state index in [1.807, 2.05) is 4.90 Å². The third kappa shape index (κ3) is 3.17. The largest absolute Gasteiger partial charge is 0.378 e.